The molecule has 0 radical (unpaired) electrons. The topological polar surface area (TPSA) is 118 Å². The second-order valence-corrected chi connectivity index (χ2v) is 2.64. The highest BCUT2D eigenvalue weighted by atomic mass is 16.3. The standard InChI is InChI=1S/C7H9N3O4/c1-10-6(13)4(3(11)2-8)5(12)9-7(10)14/h13H,2,8H2,1H3,(H,9,12,14). The first-order valence-electron chi connectivity index (χ1n) is 3.74. The zero-order valence-electron chi connectivity index (χ0n) is 7.40. The first-order chi connectivity index (χ1) is 6.49. The Bertz CT molecular complexity index is 485. The largest absolute Gasteiger partial charge is 0.494 e. The van der Waals surface area contributed by atoms with Gasteiger partial charge in [-0.25, -0.2) is 4.79 Å². The lowest BCUT2D eigenvalue weighted by molar-refractivity contribution is 0.0995. The van der Waals surface area contributed by atoms with E-state index in [0.717, 1.165) is 4.57 Å². The molecule has 0 aliphatic carbocycles. The van der Waals surface area contributed by atoms with E-state index in [1.165, 1.54) is 7.05 Å². The summed E-state index contributed by atoms with van der Waals surface area (Å²) in [6.07, 6.45) is 0. The summed E-state index contributed by atoms with van der Waals surface area (Å²) in [5.41, 5.74) is 2.82. The third kappa shape index (κ3) is 1.44. The molecular weight excluding hydrogens is 190 g/mol. The normalized spacial score (nSPS) is 10.1. The van der Waals surface area contributed by atoms with Gasteiger partial charge in [-0.2, -0.15) is 0 Å². The molecule has 1 rings (SSSR count). The average Bonchev–Trinajstić information content (AvgIpc) is 2.14. The Kier molecular flexibility index (Phi) is 2.52. The van der Waals surface area contributed by atoms with Crippen molar-refractivity contribution in [3.63, 3.8) is 0 Å². The molecule has 0 aliphatic heterocycles. The van der Waals surface area contributed by atoms with E-state index in [9.17, 15) is 19.5 Å². The van der Waals surface area contributed by atoms with Gasteiger partial charge in [-0.15, -0.1) is 0 Å². The van der Waals surface area contributed by atoms with Crippen molar-refractivity contribution in [1.29, 1.82) is 0 Å². The van der Waals surface area contributed by atoms with Crippen molar-refractivity contribution >= 4 is 5.78 Å². The van der Waals surface area contributed by atoms with Gasteiger partial charge in [0, 0.05) is 7.05 Å². The van der Waals surface area contributed by atoms with E-state index < -0.39 is 35.0 Å². The third-order valence-electron chi connectivity index (χ3n) is 1.76. The fraction of sp³-hybridized carbons (Fsp3) is 0.286. The van der Waals surface area contributed by atoms with E-state index >= 15 is 0 Å². The number of aromatic nitrogens is 2. The second kappa shape index (κ2) is 3.46. The quantitative estimate of drug-likeness (QED) is 0.472. The molecule has 1 heterocycles. The van der Waals surface area contributed by atoms with Gasteiger partial charge >= 0.3 is 5.69 Å². The van der Waals surface area contributed by atoms with Crippen molar-refractivity contribution in [3.05, 3.63) is 26.4 Å². The highest BCUT2D eigenvalue weighted by Crippen LogP contribution is 2.07. The van der Waals surface area contributed by atoms with Crippen molar-refractivity contribution in [2.45, 2.75) is 0 Å². The number of rotatable bonds is 2. The van der Waals surface area contributed by atoms with Gasteiger partial charge in [0.15, 0.2) is 5.78 Å². The Morgan fingerprint density at radius 1 is 1.57 bits per heavy atom. The minimum absolute atomic E-state index is 0.408. The van der Waals surface area contributed by atoms with E-state index in [-0.39, 0.29) is 0 Å². The van der Waals surface area contributed by atoms with Crippen molar-refractivity contribution in [3.8, 4) is 5.88 Å². The summed E-state index contributed by atoms with van der Waals surface area (Å²) in [6, 6.07) is 0. The number of aromatic amines is 1. The Balaban J connectivity index is 3.61. The first-order valence-corrected chi connectivity index (χ1v) is 3.74. The predicted octanol–water partition coefficient (Wildman–Crippen LogP) is -2.08. The van der Waals surface area contributed by atoms with Crippen LogP contribution in [0.4, 0.5) is 0 Å². The molecule has 0 saturated heterocycles. The number of hydrogen-bond acceptors (Lipinski definition) is 5. The SMILES string of the molecule is Cn1c(O)c(C(=O)CN)c(=O)[nH]c1=O. The molecule has 0 amide bonds. The molecular formula is C7H9N3O4. The number of nitrogens with one attached hydrogen (secondary N) is 1. The molecule has 0 fully saturated rings. The predicted molar refractivity (Wildman–Crippen MR) is 47.4 cm³/mol. The van der Waals surface area contributed by atoms with Crippen LogP contribution in [0.3, 0.4) is 0 Å². The number of nitrogens with two attached hydrogens (primary N) is 1. The van der Waals surface area contributed by atoms with Gasteiger partial charge in [0.25, 0.3) is 5.56 Å². The van der Waals surface area contributed by atoms with E-state index in [1.54, 1.807) is 0 Å². The van der Waals surface area contributed by atoms with Gasteiger partial charge in [0.05, 0.1) is 6.54 Å². The molecule has 0 bridgehead atoms. The van der Waals surface area contributed by atoms with Crippen LogP contribution in [-0.4, -0.2) is 27.0 Å². The van der Waals surface area contributed by atoms with Gasteiger partial charge in [-0.3, -0.25) is 19.1 Å². The maximum atomic E-state index is 11.1. The minimum atomic E-state index is -0.930. The summed E-state index contributed by atoms with van der Waals surface area (Å²) in [7, 11) is 1.22. The maximum Gasteiger partial charge on any atom is 0.330 e. The van der Waals surface area contributed by atoms with Crippen LogP contribution in [-0.2, 0) is 7.05 Å². The molecule has 0 aromatic carbocycles. The molecule has 14 heavy (non-hydrogen) atoms. The molecule has 1 aromatic heterocycles. The molecule has 7 nitrogen and oxygen atoms in total. The zero-order valence-corrected chi connectivity index (χ0v) is 7.40. The Labute approximate surface area is 77.8 Å². The number of carbonyl (C=O) groups excluding carboxylic acids is 1. The van der Waals surface area contributed by atoms with Crippen LogP contribution >= 0.6 is 0 Å². The highest BCUT2D eigenvalue weighted by molar-refractivity contribution is 5.98. The van der Waals surface area contributed by atoms with Crippen LogP contribution in [0.25, 0.3) is 0 Å². The lowest BCUT2D eigenvalue weighted by Crippen LogP contribution is -2.34. The highest BCUT2D eigenvalue weighted by Gasteiger charge is 2.17. The summed E-state index contributed by atoms with van der Waals surface area (Å²) < 4.78 is 0.754. The number of carbonyl (C=O) groups is 1. The zero-order chi connectivity index (χ0) is 10.9. The Morgan fingerprint density at radius 2 is 2.14 bits per heavy atom. The van der Waals surface area contributed by atoms with Crippen molar-refractivity contribution in [2.24, 2.45) is 12.8 Å². The molecule has 1 aromatic rings. The van der Waals surface area contributed by atoms with E-state index in [1.807, 2.05) is 4.98 Å². The molecule has 4 N–H and O–H groups in total. The Hall–Kier alpha value is -1.89. The lowest BCUT2D eigenvalue weighted by Gasteiger charge is -2.04. The molecule has 0 unspecified atom stereocenters. The van der Waals surface area contributed by atoms with Gasteiger partial charge in [-0.1, -0.05) is 0 Å². The average molecular weight is 199 g/mol. The summed E-state index contributed by atoms with van der Waals surface area (Å²) in [5.74, 6) is -1.39. The maximum absolute atomic E-state index is 11.1. The fourth-order valence-corrected chi connectivity index (χ4v) is 0.962. The van der Waals surface area contributed by atoms with E-state index in [2.05, 4.69) is 0 Å². The van der Waals surface area contributed by atoms with Gasteiger partial charge in [-0.05, 0) is 0 Å². The van der Waals surface area contributed by atoms with Gasteiger partial charge < -0.3 is 10.8 Å². The minimum Gasteiger partial charge on any atom is -0.494 e. The number of H-pyrrole nitrogens is 1. The van der Waals surface area contributed by atoms with Crippen molar-refractivity contribution in [2.75, 3.05) is 6.54 Å². The molecule has 0 spiro atoms. The van der Waals surface area contributed by atoms with Crippen LogP contribution in [0.2, 0.25) is 0 Å². The molecule has 0 aliphatic rings. The summed E-state index contributed by atoms with van der Waals surface area (Å²) in [6.45, 7) is -0.408. The monoisotopic (exact) mass is 199 g/mol. The van der Waals surface area contributed by atoms with Crippen LogP contribution in [0.5, 0.6) is 5.88 Å². The van der Waals surface area contributed by atoms with Crippen molar-refractivity contribution in [1.82, 2.24) is 9.55 Å². The summed E-state index contributed by atoms with van der Waals surface area (Å²) in [4.78, 5) is 35.0. The third-order valence-corrected chi connectivity index (χ3v) is 1.76. The van der Waals surface area contributed by atoms with Crippen LogP contribution in [0.15, 0.2) is 9.59 Å². The summed E-state index contributed by atoms with van der Waals surface area (Å²) in [5, 5.41) is 9.33. The number of Topliss-reactive ketones (excluding diaryl/α,β-unsaturated/α-hetero) is 1. The molecule has 76 valence electrons. The van der Waals surface area contributed by atoms with Crippen LogP contribution < -0.4 is 17.0 Å². The van der Waals surface area contributed by atoms with E-state index in [4.69, 9.17) is 5.73 Å². The molecule has 7 heteroatoms. The van der Waals surface area contributed by atoms with Crippen LogP contribution in [0, 0.1) is 0 Å². The number of hydrogen-bond donors (Lipinski definition) is 3. The van der Waals surface area contributed by atoms with Crippen molar-refractivity contribution < 1.29 is 9.90 Å². The number of aromatic hydroxyl groups is 1. The summed E-state index contributed by atoms with van der Waals surface area (Å²) >= 11 is 0. The fourth-order valence-electron chi connectivity index (χ4n) is 0.962. The van der Waals surface area contributed by atoms with Crippen LogP contribution in [0.1, 0.15) is 10.4 Å². The number of nitrogens with zero attached hydrogens (tertiary/aromatic N) is 1. The second-order valence-electron chi connectivity index (χ2n) is 2.64. The van der Waals surface area contributed by atoms with Gasteiger partial charge in [0.2, 0.25) is 5.88 Å². The smallest absolute Gasteiger partial charge is 0.330 e. The Morgan fingerprint density at radius 3 is 2.64 bits per heavy atom. The molecule has 0 atom stereocenters. The van der Waals surface area contributed by atoms with E-state index in [0.29, 0.717) is 0 Å². The molecule has 0 saturated carbocycles. The first kappa shape index (κ1) is 10.2. The van der Waals surface area contributed by atoms with Gasteiger partial charge in [0.1, 0.15) is 5.56 Å². The number of ketones is 1. The lowest BCUT2D eigenvalue weighted by atomic mass is 10.2.